The molecular weight excluding hydrogens is 408 g/mol. The molecule has 7 heteroatoms. The van der Waals surface area contributed by atoms with Crippen LogP contribution in [-0.2, 0) is 4.79 Å². The smallest absolute Gasteiger partial charge is 0.224 e. The van der Waals surface area contributed by atoms with E-state index in [1.165, 1.54) is 13.3 Å². The Balaban J connectivity index is 2.29. The molecule has 0 radical (unpaired) electrons. The van der Waals surface area contributed by atoms with Crippen LogP contribution in [0.25, 0.3) is 0 Å². The molecule has 0 saturated carbocycles. The third kappa shape index (κ3) is 5.21. The molecule has 0 spiro atoms. The van der Waals surface area contributed by atoms with Gasteiger partial charge in [0, 0.05) is 28.4 Å². The number of ether oxygens (including phenoxy) is 1. The Morgan fingerprint density at radius 3 is 2.84 bits per heavy atom. The molecule has 0 aromatic heterocycles. The Morgan fingerprint density at radius 2 is 2.16 bits per heavy atom. The highest BCUT2D eigenvalue weighted by molar-refractivity contribution is 9.10. The second kappa shape index (κ2) is 8.87. The number of benzene rings is 2. The Labute approximate surface area is 159 Å². The van der Waals surface area contributed by atoms with Crippen molar-refractivity contribution in [1.29, 1.82) is 0 Å². The minimum atomic E-state index is -0.0610. The maximum Gasteiger partial charge on any atom is 0.224 e. The van der Waals surface area contributed by atoms with Gasteiger partial charge in [-0.1, -0.05) is 34.5 Å². The number of rotatable bonds is 6. The standard InChI is InChI=1S/C18H18BrClN2O3/c1-3-4-17(23)22-13-5-6-14(20)15(9-13)21-10-11-7-12(19)8-16(25-2)18(11)24/h5-10,24H,3-4H2,1-2H3,(H,22,23). The molecule has 5 nitrogen and oxygen atoms in total. The van der Waals surface area contributed by atoms with Crippen molar-refractivity contribution >= 4 is 51.0 Å². The first-order valence-corrected chi connectivity index (χ1v) is 8.81. The molecule has 0 unspecified atom stereocenters. The van der Waals surface area contributed by atoms with E-state index in [-0.39, 0.29) is 11.7 Å². The van der Waals surface area contributed by atoms with Gasteiger partial charge in [0.05, 0.1) is 17.8 Å². The van der Waals surface area contributed by atoms with E-state index in [4.69, 9.17) is 16.3 Å². The summed E-state index contributed by atoms with van der Waals surface area (Å²) in [7, 11) is 1.47. The number of hydrogen-bond donors (Lipinski definition) is 2. The number of carbonyl (C=O) groups is 1. The van der Waals surface area contributed by atoms with Crippen LogP contribution < -0.4 is 10.1 Å². The lowest BCUT2D eigenvalue weighted by Crippen LogP contribution is -2.10. The van der Waals surface area contributed by atoms with E-state index in [9.17, 15) is 9.90 Å². The molecule has 0 bridgehead atoms. The van der Waals surface area contributed by atoms with Gasteiger partial charge >= 0.3 is 0 Å². The number of phenolic OH excluding ortho intramolecular Hbond substituents is 1. The second-order valence-electron chi connectivity index (χ2n) is 5.27. The Kier molecular flexibility index (Phi) is 6.84. The Bertz CT molecular complexity index is 809. The van der Waals surface area contributed by atoms with Crippen LogP contribution in [0.2, 0.25) is 5.02 Å². The van der Waals surface area contributed by atoms with Gasteiger partial charge < -0.3 is 15.2 Å². The minimum Gasteiger partial charge on any atom is -0.504 e. The first-order valence-electron chi connectivity index (χ1n) is 7.64. The summed E-state index contributed by atoms with van der Waals surface area (Å²) in [4.78, 5) is 16.0. The number of amides is 1. The molecule has 2 aromatic carbocycles. The highest BCUT2D eigenvalue weighted by atomic mass is 79.9. The maximum atomic E-state index is 11.7. The molecule has 0 heterocycles. The van der Waals surface area contributed by atoms with Crippen molar-refractivity contribution in [2.24, 2.45) is 4.99 Å². The molecule has 2 rings (SSSR count). The molecule has 0 aliphatic carbocycles. The fourth-order valence-corrected chi connectivity index (χ4v) is 2.75. The minimum absolute atomic E-state index is 0.0158. The van der Waals surface area contributed by atoms with Gasteiger partial charge in [-0.15, -0.1) is 0 Å². The van der Waals surface area contributed by atoms with Crippen molar-refractivity contribution in [3.8, 4) is 11.5 Å². The fourth-order valence-electron chi connectivity index (χ4n) is 2.13. The summed E-state index contributed by atoms with van der Waals surface area (Å²) >= 11 is 9.52. The third-order valence-electron chi connectivity index (χ3n) is 3.34. The number of methoxy groups -OCH3 is 1. The van der Waals surface area contributed by atoms with Crippen molar-refractivity contribution in [3.63, 3.8) is 0 Å². The molecule has 0 fully saturated rings. The van der Waals surface area contributed by atoms with E-state index in [1.54, 1.807) is 30.3 Å². The number of aliphatic imine (C=N–C) groups is 1. The summed E-state index contributed by atoms with van der Waals surface area (Å²) in [5.41, 5.74) is 1.57. The van der Waals surface area contributed by atoms with E-state index >= 15 is 0 Å². The van der Waals surface area contributed by atoms with Crippen molar-refractivity contribution in [2.45, 2.75) is 19.8 Å². The molecule has 25 heavy (non-hydrogen) atoms. The first-order chi connectivity index (χ1) is 11.9. The van der Waals surface area contributed by atoms with E-state index in [2.05, 4.69) is 26.2 Å². The van der Waals surface area contributed by atoms with E-state index in [0.29, 0.717) is 34.1 Å². The maximum absolute atomic E-state index is 11.7. The topological polar surface area (TPSA) is 70.9 Å². The van der Waals surface area contributed by atoms with Crippen molar-refractivity contribution in [2.75, 3.05) is 12.4 Å². The molecule has 1 amide bonds. The van der Waals surface area contributed by atoms with Gasteiger partial charge in [0.2, 0.25) is 5.91 Å². The number of hydrogen-bond acceptors (Lipinski definition) is 4. The van der Waals surface area contributed by atoms with Crippen molar-refractivity contribution in [3.05, 3.63) is 45.4 Å². The zero-order valence-electron chi connectivity index (χ0n) is 13.8. The zero-order valence-corrected chi connectivity index (χ0v) is 16.2. The molecule has 0 aliphatic heterocycles. The predicted octanol–water partition coefficient (Wildman–Crippen LogP) is 5.31. The SMILES string of the molecule is CCCC(=O)Nc1ccc(Cl)c(N=Cc2cc(Br)cc(OC)c2O)c1. The average molecular weight is 426 g/mol. The van der Waals surface area contributed by atoms with Crippen LogP contribution in [0.4, 0.5) is 11.4 Å². The number of halogens is 2. The summed E-state index contributed by atoms with van der Waals surface area (Å²) < 4.78 is 5.86. The van der Waals surface area contributed by atoms with Crippen LogP contribution in [0.15, 0.2) is 39.8 Å². The number of aromatic hydroxyl groups is 1. The van der Waals surface area contributed by atoms with Crippen LogP contribution >= 0.6 is 27.5 Å². The van der Waals surface area contributed by atoms with Crippen LogP contribution in [0.5, 0.6) is 11.5 Å². The van der Waals surface area contributed by atoms with Crippen LogP contribution in [-0.4, -0.2) is 24.3 Å². The summed E-state index contributed by atoms with van der Waals surface area (Å²) in [6.45, 7) is 1.94. The van der Waals surface area contributed by atoms with Gasteiger partial charge in [0.1, 0.15) is 0 Å². The van der Waals surface area contributed by atoms with Crippen LogP contribution in [0.3, 0.4) is 0 Å². The summed E-state index contributed by atoms with van der Waals surface area (Å²) in [6, 6.07) is 8.43. The summed E-state index contributed by atoms with van der Waals surface area (Å²) in [5.74, 6) is 0.259. The van der Waals surface area contributed by atoms with E-state index in [0.717, 1.165) is 10.9 Å². The highest BCUT2D eigenvalue weighted by Crippen LogP contribution is 2.34. The lowest BCUT2D eigenvalue weighted by molar-refractivity contribution is -0.116. The summed E-state index contributed by atoms with van der Waals surface area (Å²) in [5, 5.41) is 13.4. The third-order valence-corrected chi connectivity index (χ3v) is 4.12. The van der Waals surface area contributed by atoms with Gasteiger partial charge in [0.15, 0.2) is 11.5 Å². The zero-order chi connectivity index (χ0) is 18.4. The lowest BCUT2D eigenvalue weighted by Gasteiger charge is -2.08. The van der Waals surface area contributed by atoms with E-state index in [1.807, 2.05) is 6.92 Å². The lowest BCUT2D eigenvalue weighted by atomic mass is 10.2. The van der Waals surface area contributed by atoms with Gasteiger partial charge in [-0.2, -0.15) is 0 Å². The number of anilines is 1. The molecule has 2 N–H and O–H groups in total. The van der Waals surface area contributed by atoms with Crippen molar-refractivity contribution in [1.82, 2.24) is 0 Å². The summed E-state index contributed by atoms with van der Waals surface area (Å²) in [6.07, 6.45) is 2.71. The normalized spacial score (nSPS) is 10.9. The molecule has 0 aliphatic rings. The van der Waals surface area contributed by atoms with Crippen LogP contribution in [0.1, 0.15) is 25.3 Å². The van der Waals surface area contributed by atoms with Crippen molar-refractivity contribution < 1.29 is 14.6 Å². The van der Waals surface area contributed by atoms with Gasteiger partial charge in [-0.25, -0.2) is 0 Å². The largest absolute Gasteiger partial charge is 0.504 e. The number of nitrogens with one attached hydrogen (secondary N) is 1. The second-order valence-corrected chi connectivity index (χ2v) is 6.59. The Hall–Kier alpha value is -2.05. The molecule has 132 valence electrons. The number of carbonyl (C=O) groups excluding carboxylic acids is 1. The average Bonchev–Trinajstić information content (AvgIpc) is 2.57. The number of phenols is 1. The molecule has 2 aromatic rings. The van der Waals surface area contributed by atoms with Gasteiger partial charge in [0.25, 0.3) is 0 Å². The quantitative estimate of drug-likeness (QED) is 0.616. The van der Waals surface area contributed by atoms with E-state index < -0.39 is 0 Å². The monoisotopic (exact) mass is 424 g/mol. The highest BCUT2D eigenvalue weighted by Gasteiger charge is 2.09. The molecule has 0 atom stereocenters. The molecular formula is C18H18BrClN2O3. The fraction of sp³-hybridized carbons (Fsp3) is 0.222. The Morgan fingerprint density at radius 1 is 1.40 bits per heavy atom. The molecule has 0 saturated heterocycles. The van der Waals surface area contributed by atoms with Gasteiger partial charge in [-0.3, -0.25) is 9.79 Å². The van der Waals surface area contributed by atoms with Gasteiger partial charge in [-0.05, 0) is 36.8 Å². The van der Waals surface area contributed by atoms with Crippen LogP contribution in [0, 0.1) is 0 Å². The predicted molar refractivity (Wildman–Crippen MR) is 105 cm³/mol. The first kappa shape index (κ1) is 19.3. The number of nitrogens with zero attached hydrogens (tertiary/aromatic N) is 1.